The minimum absolute atomic E-state index is 0.389. The smallest absolute Gasteiger partial charge is 0.107 e. The number of nitriles is 1. The number of hydrogen-bond donors (Lipinski definition) is 0. The molecule has 0 aromatic rings. The third kappa shape index (κ3) is 0.630. The molecule has 0 bridgehead atoms. The molecule has 0 heterocycles. The summed E-state index contributed by atoms with van der Waals surface area (Å²) in [6.45, 7) is 0. The average molecular weight is 92.9 g/mol. The Kier molecular flexibility index (Phi) is 1.06. The molecule has 1 rings (SSSR count). The lowest BCUT2D eigenvalue weighted by molar-refractivity contribution is 0.398. The van der Waals surface area contributed by atoms with Crippen LogP contribution in [0.4, 0.5) is 0 Å². The summed E-state index contributed by atoms with van der Waals surface area (Å²) in [6.07, 6.45) is 2.40. The van der Waals surface area contributed by atoms with Crippen LogP contribution in [0.3, 0.4) is 0 Å². The minimum atomic E-state index is 0.389. The van der Waals surface area contributed by atoms with Crippen molar-refractivity contribution < 1.29 is 0 Å². The molecule has 0 aromatic heterocycles. The topological polar surface area (TPSA) is 23.8 Å². The molecule has 1 aliphatic carbocycles. The molecular weight excluding hydrogens is 84.9 g/mol. The third-order valence-corrected chi connectivity index (χ3v) is 1.79. The molecule has 36 valence electrons. The molecule has 0 N–H and O–H groups in total. The summed E-state index contributed by atoms with van der Waals surface area (Å²) in [5.74, 6) is 1.07. The van der Waals surface area contributed by atoms with Crippen LogP contribution in [0.25, 0.3) is 0 Å². The SMILES string of the molecule is B[C@H]1CC[C@H]1C#N. The van der Waals surface area contributed by atoms with Crippen molar-refractivity contribution in [3.05, 3.63) is 0 Å². The van der Waals surface area contributed by atoms with Gasteiger partial charge in [0.25, 0.3) is 0 Å². The first-order valence-electron chi connectivity index (χ1n) is 2.74. The molecule has 1 aliphatic rings. The summed E-state index contributed by atoms with van der Waals surface area (Å²) >= 11 is 0. The molecule has 0 saturated heterocycles. The van der Waals surface area contributed by atoms with Crippen LogP contribution in [0.1, 0.15) is 12.8 Å². The first-order chi connectivity index (χ1) is 3.34. The van der Waals surface area contributed by atoms with Crippen molar-refractivity contribution in [2.24, 2.45) is 5.92 Å². The van der Waals surface area contributed by atoms with Crippen LogP contribution in [0.2, 0.25) is 5.82 Å². The molecular formula is C5H8BN. The van der Waals surface area contributed by atoms with Gasteiger partial charge in [0.2, 0.25) is 0 Å². The van der Waals surface area contributed by atoms with Gasteiger partial charge in [0.15, 0.2) is 0 Å². The van der Waals surface area contributed by atoms with Crippen LogP contribution in [0.15, 0.2) is 0 Å². The zero-order valence-electron chi connectivity index (χ0n) is 4.52. The third-order valence-electron chi connectivity index (χ3n) is 1.79. The fourth-order valence-electron chi connectivity index (χ4n) is 0.858. The summed E-state index contributed by atoms with van der Waals surface area (Å²) in [5, 5.41) is 8.31. The van der Waals surface area contributed by atoms with E-state index in [2.05, 4.69) is 13.9 Å². The molecule has 0 aromatic carbocycles. The summed E-state index contributed by atoms with van der Waals surface area (Å²) in [6, 6.07) is 2.25. The van der Waals surface area contributed by atoms with Crippen molar-refractivity contribution in [3.8, 4) is 6.07 Å². The summed E-state index contributed by atoms with van der Waals surface area (Å²) in [4.78, 5) is 0. The highest BCUT2D eigenvalue weighted by Crippen LogP contribution is 2.35. The fraction of sp³-hybridized carbons (Fsp3) is 0.800. The molecule has 7 heavy (non-hydrogen) atoms. The maximum Gasteiger partial charge on any atom is 0.107 e. The highest BCUT2D eigenvalue weighted by molar-refractivity contribution is 6.12. The van der Waals surface area contributed by atoms with Gasteiger partial charge >= 0.3 is 0 Å². The molecule has 2 heteroatoms. The Balaban J connectivity index is 2.33. The van der Waals surface area contributed by atoms with E-state index >= 15 is 0 Å². The Morgan fingerprint density at radius 1 is 1.57 bits per heavy atom. The van der Waals surface area contributed by atoms with Crippen LogP contribution in [-0.4, -0.2) is 7.85 Å². The molecule has 1 nitrogen and oxygen atoms in total. The standard InChI is InChI=1S/C5H8BN/c6-5-2-1-4(5)3-7/h4-5H,1-2,6H2/t4-,5-/m0/s1. The normalized spacial score (nSPS) is 38.7. The monoisotopic (exact) mass is 93.1 g/mol. The predicted molar refractivity (Wildman–Crippen MR) is 30.6 cm³/mol. The van der Waals surface area contributed by atoms with Crippen LogP contribution < -0.4 is 0 Å². The lowest BCUT2D eigenvalue weighted by atomic mass is 9.63. The maximum atomic E-state index is 8.31. The van der Waals surface area contributed by atoms with E-state index in [9.17, 15) is 0 Å². The minimum Gasteiger partial charge on any atom is -0.198 e. The molecule has 0 radical (unpaired) electrons. The second kappa shape index (κ2) is 1.57. The van der Waals surface area contributed by atoms with Gasteiger partial charge in [-0.25, -0.2) is 0 Å². The Bertz CT molecular complexity index is 105. The van der Waals surface area contributed by atoms with E-state index in [0.717, 1.165) is 6.42 Å². The number of rotatable bonds is 0. The lowest BCUT2D eigenvalue weighted by Gasteiger charge is -2.27. The second-order valence-electron chi connectivity index (χ2n) is 2.29. The molecule has 0 spiro atoms. The maximum absolute atomic E-state index is 8.31. The first-order valence-corrected chi connectivity index (χ1v) is 2.74. The lowest BCUT2D eigenvalue weighted by Crippen LogP contribution is -2.18. The molecule has 0 aliphatic heterocycles. The highest BCUT2D eigenvalue weighted by atomic mass is 14.3. The van der Waals surface area contributed by atoms with Crippen molar-refractivity contribution in [1.29, 1.82) is 5.26 Å². The quantitative estimate of drug-likeness (QED) is 0.396. The van der Waals surface area contributed by atoms with Gasteiger partial charge in [0, 0.05) is 5.92 Å². The van der Waals surface area contributed by atoms with Gasteiger partial charge in [0.1, 0.15) is 7.85 Å². The summed E-state index contributed by atoms with van der Waals surface area (Å²) in [5.41, 5.74) is 0. The van der Waals surface area contributed by atoms with E-state index in [4.69, 9.17) is 5.26 Å². The molecule has 0 unspecified atom stereocenters. The molecule has 2 atom stereocenters. The highest BCUT2D eigenvalue weighted by Gasteiger charge is 2.25. The molecule has 1 saturated carbocycles. The van der Waals surface area contributed by atoms with Crippen molar-refractivity contribution in [1.82, 2.24) is 0 Å². The van der Waals surface area contributed by atoms with Gasteiger partial charge in [-0.1, -0.05) is 12.2 Å². The fourth-order valence-corrected chi connectivity index (χ4v) is 0.858. The van der Waals surface area contributed by atoms with Crippen molar-refractivity contribution >= 4 is 7.85 Å². The van der Waals surface area contributed by atoms with E-state index in [1.807, 2.05) is 0 Å². The summed E-state index contributed by atoms with van der Waals surface area (Å²) in [7, 11) is 2.14. The molecule has 0 amide bonds. The van der Waals surface area contributed by atoms with E-state index in [0.29, 0.717) is 11.7 Å². The van der Waals surface area contributed by atoms with Gasteiger partial charge in [-0.05, 0) is 6.42 Å². The van der Waals surface area contributed by atoms with Crippen LogP contribution in [0, 0.1) is 17.2 Å². The number of hydrogen-bond acceptors (Lipinski definition) is 1. The van der Waals surface area contributed by atoms with Crippen LogP contribution in [-0.2, 0) is 0 Å². The zero-order valence-corrected chi connectivity index (χ0v) is 4.52. The first kappa shape index (κ1) is 4.71. The summed E-state index contributed by atoms with van der Waals surface area (Å²) < 4.78 is 0. The van der Waals surface area contributed by atoms with Crippen LogP contribution in [0.5, 0.6) is 0 Å². The number of nitrogens with zero attached hydrogens (tertiary/aromatic N) is 1. The zero-order chi connectivity index (χ0) is 5.28. The van der Waals surface area contributed by atoms with Crippen molar-refractivity contribution in [2.45, 2.75) is 18.7 Å². The predicted octanol–water partition coefficient (Wildman–Crippen LogP) is 0.342. The largest absolute Gasteiger partial charge is 0.198 e. The van der Waals surface area contributed by atoms with Crippen molar-refractivity contribution in [2.75, 3.05) is 0 Å². The Morgan fingerprint density at radius 2 is 2.29 bits per heavy atom. The van der Waals surface area contributed by atoms with Crippen molar-refractivity contribution in [3.63, 3.8) is 0 Å². The van der Waals surface area contributed by atoms with Gasteiger partial charge in [0.05, 0.1) is 6.07 Å². The Labute approximate surface area is 44.7 Å². The average Bonchev–Trinajstić information content (AvgIpc) is 1.65. The van der Waals surface area contributed by atoms with E-state index in [1.165, 1.54) is 6.42 Å². The van der Waals surface area contributed by atoms with E-state index in [-0.39, 0.29) is 0 Å². The Hall–Kier alpha value is -0.445. The van der Waals surface area contributed by atoms with Gasteiger partial charge < -0.3 is 0 Å². The van der Waals surface area contributed by atoms with Gasteiger partial charge in [-0.3, -0.25) is 0 Å². The second-order valence-corrected chi connectivity index (χ2v) is 2.29. The van der Waals surface area contributed by atoms with Gasteiger partial charge in [-0.2, -0.15) is 5.26 Å². The van der Waals surface area contributed by atoms with Gasteiger partial charge in [-0.15, -0.1) is 0 Å². The van der Waals surface area contributed by atoms with E-state index < -0.39 is 0 Å². The Morgan fingerprint density at radius 3 is 2.29 bits per heavy atom. The van der Waals surface area contributed by atoms with Crippen LogP contribution >= 0.6 is 0 Å². The molecule has 1 fully saturated rings. The van der Waals surface area contributed by atoms with E-state index in [1.54, 1.807) is 0 Å².